The zero-order chi connectivity index (χ0) is 19.6. The molecule has 8 heteroatoms. The van der Waals surface area contributed by atoms with Gasteiger partial charge in [-0.05, 0) is 45.0 Å². The highest BCUT2D eigenvalue weighted by Crippen LogP contribution is 2.49. The van der Waals surface area contributed by atoms with Gasteiger partial charge in [0, 0.05) is 14.8 Å². The molecule has 2 aromatic rings. The lowest BCUT2D eigenvalue weighted by atomic mass is 9.98. The lowest BCUT2D eigenvalue weighted by molar-refractivity contribution is -0.168. The molecule has 6 nitrogen and oxygen atoms in total. The van der Waals surface area contributed by atoms with Gasteiger partial charge in [-0.15, -0.1) is 0 Å². The van der Waals surface area contributed by atoms with Crippen molar-refractivity contribution in [2.45, 2.75) is 20.8 Å². The van der Waals surface area contributed by atoms with E-state index in [1.807, 2.05) is 0 Å². The van der Waals surface area contributed by atoms with Crippen LogP contribution in [0.25, 0.3) is 0 Å². The monoisotopic (exact) mass is 395 g/mol. The van der Waals surface area contributed by atoms with E-state index in [1.54, 1.807) is 81.4 Å². The van der Waals surface area contributed by atoms with Gasteiger partial charge in [0.05, 0.1) is 11.7 Å². The van der Waals surface area contributed by atoms with E-state index in [0.29, 0.717) is 4.24 Å². The summed E-state index contributed by atoms with van der Waals surface area (Å²) in [6.45, 7) is 4.77. The molecule has 0 spiro atoms. The molecule has 0 heterocycles. The fourth-order valence-corrected chi connectivity index (χ4v) is 6.60. The standard InChI is InChI=1S/C18H22NO5PS/c1-18(2,3)17(20)24-19(26(4,22)23)25(21,15-11-7-5-8-12-15)16-13-9-6-10-14-16/h5-14H,1-4H3. The van der Waals surface area contributed by atoms with Gasteiger partial charge in [0.25, 0.3) is 7.29 Å². The van der Waals surface area contributed by atoms with E-state index >= 15 is 0 Å². The van der Waals surface area contributed by atoms with Gasteiger partial charge in [0.15, 0.2) is 0 Å². The predicted octanol–water partition coefficient (Wildman–Crippen LogP) is 2.68. The summed E-state index contributed by atoms with van der Waals surface area (Å²) in [4.78, 5) is 17.6. The fourth-order valence-electron chi connectivity index (χ4n) is 2.14. The summed E-state index contributed by atoms with van der Waals surface area (Å²) < 4.78 is 39.4. The molecule has 0 amide bonds. The second-order valence-corrected chi connectivity index (χ2v) is 11.5. The second kappa shape index (κ2) is 7.35. The molecule has 0 saturated heterocycles. The van der Waals surface area contributed by atoms with Crippen molar-refractivity contribution in [1.29, 1.82) is 0 Å². The van der Waals surface area contributed by atoms with Crippen molar-refractivity contribution in [2.75, 3.05) is 6.26 Å². The van der Waals surface area contributed by atoms with E-state index in [1.165, 1.54) is 0 Å². The molecule has 0 aliphatic rings. The lowest BCUT2D eigenvalue weighted by Gasteiger charge is -2.30. The van der Waals surface area contributed by atoms with E-state index in [0.717, 1.165) is 6.26 Å². The first-order chi connectivity index (χ1) is 12.0. The van der Waals surface area contributed by atoms with Crippen LogP contribution in [0.5, 0.6) is 0 Å². The molecule has 0 fully saturated rings. The molecular weight excluding hydrogens is 373 g/mol. The summed E-state index contributed by atoms with van der Waals surface area (Å²) in [5.41, 5.74) is -0.971. The first kappa shape index (κ1) is 20.4. The van der Waals surface area contributed by atoms with Gasteiger partial charge in [-0.2, -0.15) is 0 Å². The highest BCUT2D eigenvalue weighted by atomic mass is 32.2. The zero-order valence-corrected chi connectivity index (χ0v) is 16.8. The van der Waals surface area contributed by atoms with E-state index < -0.39 is 28.7 Å². The van der Waals surface area contributed by atoms with E-state index in [2.05, 4.69) is 0 Å². The van der Waals surface area contributed by atoms with Gasteiger partial charge in [-0.1, -0.05) is 36.4 Å². The van der Waals surface area contributed by atoms with Crippen LogP contribution in [-0.4, -0.2) is 24.9 Å². The van der Waals surface area contributed by atoms with E-state index in [9.17, 15) is 17.8 Å². The average Bonchev–Trinajstić information content (AvgIpc) is 2.58. The predicted molar refractivity (Wildman–Crippen MR) is 102 cm³/mol. The van der Waals surface area contributed by atoms with Crippen LogP contribution in [0, 0.1) is 5.41 Å². The second-order valence-electron chi connectivity index (χ2n) is 6.85. The van der Waals surface area contributed by atoms with Crippen LogP contribution in [0.4, 0.5) is 0 Å². The maximum absolute atomic E-state index is 14.1. The van der Waals surface area contributed by atoms with Crippen molar-refractivity contribution >= 4 is 33.9 Å². The molecule has 0 radical (unpaired) electrons. The number of benzene rings is 2. The third-order valence-electron chi connectivity index (χ3n) is 3.50. The molecule has 26 heavy (non-hydrogen) atoms. The minimum absolute atomic E-state index is 0.248. The Kier molecular flexibility index (Phi) is 5.76. The van der Waals surface area contributed by atoms with Crippen LogP contribution >= 0.6 is 7.29 Å². The quantitative estimate of drug-likeness (QED) is 0.574. The Morgan fingerprint density at radius 2 is 1.31 bits per heavy atom. The summed E-state index contributed by atoms with van der Waals surface area (Å²) in [5, 5.41) is 0.497. The van der Waals surface area contributed by atoms with Crippen LogP contribution in [0.3, 0.4) is 0 Å². The molecule has 0 aromatic heterocycles. The first-order valence-corrected chi connectivity index (χ1v) is 11.4. The van der Waals surface area contributed by atoms with Crippen molar-refractivity contribution in [3.8, 4) is 0 Å². The van der Waals surface area contributed by atoms with Gasteiger partial charge in [0.1, 0.15) is 0 Å². The third-order valence-corrected chi connectivity index (χ3v) is 8.26. The van der Waals surface area contributed by atoms with E-state index in [4.69, 9.17) is 4.84 Å². The summed E-state index contributed by atoms with van der Waals surface area (Å²) in [5.74, 6) is -0.796. The van der Waals surface area contributed by atoms with Gasteiger partial charge >= 0.3 is 5.97 Å². The first-order valence-electron chi connectivity index (χ1n) is 7.92. The van der Waals surface area contributed by atoms with Crippen LogP contribution in [0.15, 0.2) is 60.7 Å². The molecule has 140 valence electrons. The Hall–Kier alpha value is -1.95. The number of nitrogens with zero attached hydrogens (tertiary/aromatic N) is 1. The Morgan fingerprint density at radius 1 is 0.923 bits per heavy atom. The number of sulfonamides is 1. The maximum atomic E-state index is 14.1. The molecular formula is C18H22NO5PS. The van der Waals surface area contributed by atoms with Crippen LogP contribution in [0.2, 0.25) is 0 Å². The topological polar surface area (TPSA) is 80.8 Å². The maximum Gasteiger partial charge on any atom is 0.332 e. The van der Waals surface area contributed by atoms with E-state index in [-0.39, 0.29) is 10.6 Å². The molecule has 0 N–H and O–H groups in total. The highest BCUT2D eigenvalue weighted by Gasteiger charge is 2.45. The smallest absolute Gasteiger partial charge is 0.332 e. The van der Waals surface area contributed by atoms with Gasteiger partial charge in [-0.3, -0.25) is 4.57 Å². The normalized spacial score (nSPS) is 12.8. The number of carbonyl (C=O) groups is 1. The van der Waals surface area contributed by atoms with Crippen molar-refractivity contribution in [3.63, 3.8) is 0 Å². The van der Waals surface area contributed by atoms with Crippen molar-refractivity contribution in [2.24, 2.45) is 5.41 Å². The fraction of sp³-hybridized carbons (Fsp3) is 0.278. The summed E-state index contributed by atoms with van der Waals surface area (Å²) >= 11 is 0. The largest absolute Gasteiger partial charge is 0.345 e. The van der Waals surface area contributed by atoms with Crippen molar-refractivity contribution in [1.82, 2.24) is 4.24 Å². The number of hydrogen-bond acceptors (Lipinski definition) is 5. The molecule has 0 aliphatic carbocycles. The van der Waals surface area contributed by atoms with Crippen molar-refractivity contribution < 1.29 is 22.6 Å². The van der Waals surface area contributed by atoms with Crippen LogP contribution in [0.1, 0.15) is 20.8 Å². The van der Waals surface area contributed by atoms with Gasteiger partial charge in [0.2, 0.25) is 10.0 Å². The SMILES string of the molecule is CC(C)(C)C(=O)ON(P(=O)(c1ccccc1)c1ccccc1)S(C)(=O)=O. The minimum Gasteiger partial charge on any atom is -0.345 e. The summed E-state index contributed by atoms with van der Waals surface area (Å²) in [6.07, 6.45) is 0.863. The molecule has 2 rings (SSSR count). The minimum atomic E-state index is -4.15. The number of rotatable bonds is 5. The molecule has 0 unspecified atom stereocenters. The highest BCUT2D eigenvalue weighted by molar-refractivity contribution is 7.97. The van der Waals surface area contributed by atoms with Crippen LogP contribution in [-0.2, 0) is 24.2 Å². The Morgan fingerprint density at radius 3 is 1.62 bits per heavy atom. The van der Waals surface area contributed by atoms with Crippen molar-refractivity contribution in [3.05, 3.63) is 60.7 Å². The number of hydrogen-bond donors (Lipinski definition) is 0. The molecule has 2 aromatic carbocycles. The Bertz CT molecular complexity index is 878. The Labute approximate surface area is 154 Å². The molecule has 0 bridgehead atoms. The Balaban J connectivity index is 2.72. The summed E-state index contributed by atoms with van der Waals surface area (Å²) in [6, 6.07) is 16.3. The molecule has 0 atom stereocenters. The molecule has 0 saturated carbocycles. The third kappa shape index (κ3) is 4.23. The lowest BCUT2D eigenvalue weighted by Crippen LogP contribution is -2.40. The van der Waals surface area contributed by atoms with Crippen LogP contribution < -0.4 is 10.6 Å². The van der Waals surface area contributed by atoms with Gasteiger partial charge < -0.3 is 4.84 Å². The molecule has 0 aliphatic heterocycles. The van der Waals surface area contributed by atoms with Gasteiger partial charge in [-0.25, -0.2) is 13.2 Å². The zero-order valence-electron chi connectivity index (χ0n) is 15.1. The summed E-state index contributed by atoms with van der Waals surface area (Å²) in [7, 11) is -8.12. The number of carbonyl (C=O) groups excluding carboxylic acids is 1. The average molecular weight is 395 g/mol.